The lowest BCUT2D eigenvalue weighted by atomic mass is 10.2. The van der Waals surface area contributed by atoms with Gasteiger partial charge in [0.25, 0.3) is 0 Å². The molecule has 0 aliphatic carbocycles. The molecule has 0 saturated heterocycles. The summed E-state index contributed by atoms with van der Waals surface area (Å²) >= 11 is 1.74. The molecular weight excluding hydrogens is 194 g/mol. The fourth-order valence-electron chi connectivity index (χ4n) is 1.14. The summed E-state index contributed by atoms with van der Waals surface area (Å²) in [6.45, 7) is 8.50. The quantitative estimate of drug-likeness (QED) is 0.784. The summed E-state index contributed by atoms with van der Waals surface area (Å²) in [6, 6.07) is 4.19. The van der Waals surface area contributed by atoms with E-state index in [1.165, 1.54) is 0 Å². The second kappa shape index (κ2) is 4.41. The van der Waals surface area contributed by atoms with Crippen molar-refractivity contribution in [2.75, 3.05) is 0 Å². The third kappa shape index (κ3) is 4.20. The van der Waals surface area contributed by atoms with Gasteiger partial charge in [-0.25, -0.2) is 0 Å². The normalized spacial score (nSPS) is 14.4. The Morgan fingerprint density at radius 3 is 2.57 bits per heavy atom. The second-order valence-corrected chi connectivity index (χ2v) is 6.45. The Hall–Kier alpha value is -0.410. The van der Waals surface area contributed by atoms with E-state index in [1.807, 2.05) is 19.1 Å². The summed E-state index contributed by atoms with van der Waals surface area (Å²) < 4.78 is 5.85. The minimum atomic E-state index is 0.161. The van der Waals surface area contributed by atoms with Crippen molar-refractivity contribution in [1.82, 2.24) is 0 Å². The van der Waals surface area contributed by atoms with Crippen LogP contribution in [-0.4, -0.2) is 10.8 Å². The summed E-state index contributed by atoms with van der Waals surface area (Å²) in [4.78, 5) is 0. The van der Waals surface area contributed by atoms with Gasteiger partial charge in [-0.05, 0) is 19.1 Å². The number of furan rings is 1. The van der Waals surface area contributed by atoms with E-state index >= 15 is 0 Å². The first-order valence-corrected chi connectivity index (χ1v) is 5.72. The van der Waals surface area contributed by atoms with Crippen LogP contribution in [0.1, 0.15) is 33.5 Å². The van der Waals surface area contributed by atoms with E-state index in [4.69, 9.17) is 10.2 Å². The molecule has 1 rings (SSSR count). The molecule has 0 bridgehead atoms. The van der Waals surface area contributed by atoms with Gasteiger partial charge in [-0.15, -0.1) is 0 Å². The number of thioether (sulfide) groups is 1. The zero-order valence-electron chi connectivity index (χ0n) is 9.33. The summed E-state index contributed by atoms with van der Waals surface area (Å²) in [6.07, 6.45) is 0.810. The predicted molar refractivity (Wildman–Crippen MR) is 61.7 cm³/mol. The van der Waals surface area contributed by atoms with Crippen molar-refractivity contribution >= 4 is 11.8 Å². The minimum absolute atomic E-state index is 0.161. The van der Waals surface area contributed by atoms with Gasteiger partial charge in [0.1, 0.15) is 5.76 Å². The Morgan fingerprint density at radius 2 is 2.07 bits per heavy atom. The van der Waals surface area contributed by atoms with Gasteiger partial charge in [-0.2, -0.15) is 0 Å². The van der Waals surface area contributed by atoms with Crippen LogP contribution in [0.2, 0.25) is 0 Å². The second-order valence-electron chi connectivity index (χ2n) is 4.62. The van der Waals surface area contributed by atoms with Crippen molar-refractivity contribution in [3.05, 3.63) is 17.9 Å². The maximum Gasteiger partial charge on any atom is 0.160 e. The molecule has 0 spiro atoms. The van der Waals surface area contributed by atoms with Crippen LogP contribution in [-0.2, 0) is 6.42 Å². The molecule has 3 heteroatoms. The summed E-state index contributed by atoms with van der Waals surface area (Å²) in [7, 11) is 0. The zero-order valence-corrected chi connectivity index (χ0v) is 10.1. The Kier molecular flexibility index (Phi) is 3.67. The molecule has 0 aliphatic heterocycles. The van der Waals surface area contributed by atoms with E-state index in [9.17, 15) is 0 Å². The lowest BCUT2D eigenvalue weighted by Crippen LogP contribution is -2.17. The summed E-state index contributed by atoms with van der Waals surface area (Å²) in [5.41, 5.74) is 5.69. The highest BCUT2D eigenvalue weighted by molar-refractivity contribution is 8.00. The molecule has 0 saturated carbocycles. The maximum absolute atomic E-state index is 5.69. The standard InChI is InChI=1S/C11H19NOS/c1-8(12)7-9-5-6-10(13-9)14-11(2,3)4/h5-6,8H,7,12H2,1-4H3. The molecule has 1 unspecified atom stereocenters. The number of rotatable bonds is 3. The van der Waals surface area contributed by atoms with Crippen LogP contribution >= 0.6 is 11.8 Å². The highest BCUT2D eigenvalue weighted by atomic mass is 32.2. The van der Waals surface area contributed by atoms with Crippen molar-refractivity contribution in [3.63, 3.8) is 0 Å². The molecule has 1 aromatic rings. The van der Waals surface area contributed by atoms with Gasteiger partial charge in [-0.3, -0.25) is 0 Å². The molecule has 2 nitrogen and oxygen atoms in total. The van der Waals surface area contributed by atoms with Crippen molar-refractivity contribution in [2.45, 2.75) is 50.0 Å². The first kappa shape index (κ1) is 11.7. The number of hydrogen-bond acceptors (Lipinski definition) is 3. The van der Waals surface area contributed by atoms with Crippen molar-refractivity contribution in [3.8, 4) is 0 Å². The van der Waals surface area contributed by atoms with Crippen LogP contribution in [0, 0.1) is 0 Å². The van der Waals surface area contributed by atoms with Gasteiger partial charge in [0.05, 0.1) is 0 Å². The first-order chi connectivity index (χ1) is 6.37. The predicted octanol–water partition coefficient (Wildman–Crippen LogP) is 3.06. The molecule has 0 fully saturated rings. The number of hydrogen-bond donors (Lipinski definition) is 1. The third-order valence-electron chi connectivity index (χ3n) is 1.57. The van der Waals surface area contributed by atoms with Gasteiger partial charge in [0.2, 0.25) is 0 Å². The van der Waals surface area contributed by atoms with E-state index < -0.39 is 0 Å². The SMILES string of the molecule is CC(N)Cc1ccc(SC(C)(C)C)o1. The maximum atomic E-state index is 5.69. The molecule has 0 amide bonds. The highest BCUT2D eigenvalue weighted by Crippen LogP contribution is 2.33. The zero-order chi connectivity index (χ0) is 10.8. The smallest absolute Gasteiger partial charge is 0.160 e. The average Bonchev–Trinajstić information content (AvgIpc) is 2.30. The summed E-state index contributed by atoms with van der Waals surface area (Å²) in [5, 5.41) is 0.980. The fraction of sp³-hybridized carbons (Fsp3) is 0.636. The molecule has 1 aromatic heterocycles. The lowest BCUT2D eigenvalue weighted by Gasteiger charge is -2.14. The summed E-state index contributed by atoms with van der Waals surface area (Å²) in [5.74, 6) is 0.978. The Labute approximate surface area is 90.2 Å². The minimum Gasteiger partial charge on any atom is -0.455 e. The van der Waals surface area contributed by atoms with Crippen LogP contribution in [0.25, 0.3) is 0 Å². The average molecular weight is 213 g/mol. The monoisotopic (exact) mass is 213 g/mol. The van der Waals surface area contributed by atoms with Gasteiger partial charge in [0, 0.05) is 17.2 Å². The van der Waals surface area contributed by atoms with Crippen LogP contribution in [0.4, 0.5) is 0 Å². The van der Waals surface area contributed by atoms with Crippen LogP contribution in [0.3, 0.4) is 0 Å². The van der Waals surface area contributed by atoms with Gasteiger partial charge < -0.3 is 10.2 Å². The highest BCUT2D eigenvalue weighted by Gasteiger charge is 2.15. The van der Waals surface area contributed by atoms with Crippen molar-refractivity contribution in [1.29, 1.82) is 0 Å². The van der Waals surface area contributed by atoms with Crippen LogP contribution in [0.15, 0.2) is 21.6 Å². The third-order valence-corrected chi connectivity index (χ3v) is 2.60. The van der Waals surface area contributed by atoms with Gasteiger partial charge in [0.15, 0.2) is 5.09 Å². The first-order valence-electron chi connectivity index (χ1n) is 4.90. The van der Waals surface area contributed by atoms with Gasteiger partial charge in [-0.1, -0.05) is 32.5 Å². The molecule has 0 radical (unpaired) electrons. The van der Waals surface area contributed by atoms with E-state index in [2.05, 4.69) is 20.8 Å². The van der Waals surface area contributed by atoms with Crippen LogP contribution in [0.5, 0.6) is 0 Å². The Morgan fingerprint density at radius 1 is 1.43 bits per heavy atom. The fourth-order valence-corrected chi connectivity index (χ4v) is 2.03. The van der Waals surface area contributed by atoms with E-state index in [0.717, 1.165) is 17.3 Å². The molecule has 0 aromatic carbocycles. The molecule has 1 heterocycles. The Balaban J connectivity index is 2.60. The molecule has 14 heavy (non-hydrogen) atoms. The molecule has 2 N–H and O–H groups in total. The largest absolute Gasteiger partial charge is 0.455 e. The van der Waals surface area contributed by atoms with Crippen LogP contribution < -0.4 is 5.73 Å². The van der Waals surface area contributed by atoms with Crippen molar-refractivity contribution < 1.29 is 4.42 Å². The van der Waals surface area contributed by atoms with E-state index in [1.54, 1.807) is 11.8 Å². The molecular formula is C11H19NOS. The Bertz CT molecular complexity index is 286. The molecule has 0 aliphatic rings. The topological polar surface area (TPSA) is 39.2 Å². The number of nitrogens with two attached hydrogens (primary N) is 1. The van der Waals surface area contributed by atoms with Gasteiger partial charge >= 0.3 is 0 Å². The van der Waals surface area contributed by atoms with E-state index in [-0.39, 0.29) is 10.8 Å². The lowest BCUT2D eigenvalue weighted by molar-refractivity contribution is 0.420. The molecule has 80 valence electrons. The van der Waals surface area contributed by atoms with E-state index in [0.29, 0.717) is 0 Å². The molecule has 1 atom stereocenters. The van der Waals surface area contributed by atoms with Crippen molar-refractivity contribution in [2.24, 2.45) is 5.73 Å².